The Morgan fingerprint density at radius 3 is 2.41 bits per heavy atom. The fourth-order valence-electron chi connectivity index (χ4n) is 2.49. The standard InChI is InChI=1S/C20H26N2O4S/c1-5-27(24,25)22(4)18-11-9-17(10-12-18)20(23)21-13-14-26-19-8-6-7-15(2)16(19)3/h6-12H,5,13-14H2,1-4H3,(H,21,23). The van der Waals surface area contributed by atoms with E-state index in [-0.39, 0.29) is 11.7 Å². The average molecular weight is 391 g/mol. The summed E-state index contributed by atoms with van der Waals surface area (Å²) in [6.45, 7) is 6.36. The van der Waals surface area contributed by atoms with E-state index in [1.54, 1.807) is 31.2 Å². The van der Waals surface area contributed by atoms with Crippen LogP contribution in [0.2, 0.25) is 0 Å². The molecule has 2 aromatic rings. The third-order valence-electron chi connectivity index (χ3n) is 4.48. The van der Waals surface area contributed by atoms with Crippen molar-refractivity contribution in [1.82, 2.24) is 5.32 Å². The van der Waals surface area contributed by atoms with Crippen molar-refractivity contribution in [2.45, 2.75) is 20.8 Å². The zero-order valence-corrected chi connectivity index (χ0v) is 17.0. The summed E-state index contributed by atoms with van der Waals surface area (Å²) in [5, 5.41) is 2.80. The van der Waals surface area contributed by atoms with Crippen LogP contribution in [0, 0.1) is 13.8 Å². The van der Waals surface area contributed by atoms with E-state index in [1.807, 2.05) is 32.0 Å². The molecule has 0 aromatic heterocycles. The highest BCUT2D eigenvalue weighted by Crippen LogP contribution is 2.20. The number of amides is 1. The van der Waals surface area contributed by atoms with Crippen molar-refractivity contribution in [3.05, 3.63) is 59.2 Å². The molecule has 1 amide bonds. The molecule has 146 valence electrons. The molecule has 0 fully saturated rings. The predicted octanol–water partition coefficient (Wildman–Crippen LogP) is 2.90. The minimum atomic E-state index is -3.32. The van der Waals surface area contributed by atoms with E-state index in [2.05, 4.69) is 5.32 Å². The lowest BCUT2D eigenvalue weighted by molar-refractivity contribution is 0.0947. The molecule has 0 aliphatic heterocycles. The lowest BCUT2D eigenvalue weighted by Gasteiger charge is -2.18. The van der Waals surface area contributed by atoms with Crippen LogP contribution in [0.15, 0.2) is 42.5 Å². The number of hydrogen-bond donors (Lipinski definition) is 1. The minimum Gasteiger partial charge on any atom is -0.491 e. The number of nitrogens with one attached hydrogen (secondary N) is 1. The SMILES string of the molecule is CCS(=O)(=O)N(C)c1ccc(C(=O)NCCOc2cccc(C)c2C)cc1. The summed E-state index contributed by atoms with van der Waals surface area (Å²) in [5.74, 6) is 0.604. The van der Waals surface area contributed by atoms with E-state index < -0.39 is 10.0 Å². The summed E-state index contributed by atoms with van der Waals surface area (Å²) in [6, 6.07) is 12.3. The number of hydrogen-bond acceptors (Lipinski definition) is 4. The molecule has 0 saturated carbocycles. The number of aryl methyl sites for hydroxylation is 1. The summed E-state index contributed by atoms with van der Waals surface area (Å²) in [5.41, 5.74) is 3.23. The van der Waals surface area contributed by atoms with E-state index in [9.17, 15) is 13.2 Å². The zero-order valence-electron chi connectivity index (χ0n) is 16.2. The van der Waals surface area contributed by atoms with Crippen molar-refractivity contribution in [3.8, 4) is 5.75 Å². The van der Waals surface area contributed by atoms with Crippen LogP contribution in [0.25, 0.3) is 0 Å². The molecule has 0 saturated heterocycles. The summed E-state index contributed by atoms with van der Waals surface area (Å²) in [4.78, 5) is 12.2. The maximum Gasteiger partial charge on any atom is 0.251 e. The van der Waals surface area contributed by atoms with Gasteiger partial charge in [0.05, 0.1) is 18.0 Å². The highest BCUT2D eigenvalue weighted by Gasteiger charge is 2.16. The van der Waals surface area contributed by atoms with Gasteiger partial charge in [-0.05, 0) is 62.2 Å². The van der Waals surface area contributed by atoms with Crippen LogP contribution in [-0.2, 0) is 10.0 Å². The fourth-order valence-corrected chi connectivity index (χ4v) is 3.32. The Kier molecular flexibility index (Phi) is 6.85. The Morgan fingerprint density at radius 2 is 1.78 bits per heavy atom. The van der Waals surface area contributed by atoms with Crippen molar-refractivity contribution >= 4 is 21.6 Å². The Hall–Kier alpha value is -2.54. The number of nitrogens with zero attached hydrogens (tertiary/aromatic N) is 1. The molecule has 0 atom stereocenters. The van der Waals surface area contributed by atoms with Crippen molar-refractivity contribution in [3.63, 3.8) is 0 Å². The van der Waals surface area contributed by atoms with Gasteiger partial charge in [-0.15, -0.1) is 0 Å². The van der Waals surface area contributed by atoms with Crippen molar-refractivity contribution in [2.24, 2.45) is 0 Å². The summed E-state index contributed by atoms with van der Waals surface area (Å²) in [7, 11) is -1.82. The molecule has 6 nitrogen and oxygen atoms in total. The van der Waals surface area contributed by atoms with E-state index in [1.165, 1.54) is 11.4 Å². The van der Waals surface area contributed by atoms with Crippen LogP contribution in [-0.4, -0.2) is 40.3 Å². The molecule has 0 spiro atoms. The lowest BCUT2D eigenvalue weighted by atomic mass is 10.1. The topological polar surface area (TPSA) is 75.7 Å². The molecule has 0 unspecified atom stereocenters. The first-order chi connectivity index (χ1) is 12.8. The van der Waals surface area contributed by atoms with Gasteiger partial charge in [0.2, 0.25) is 10.0 Å². The number of carbonyl (C=O) groups is 1. The second kappa shape index (κ2) is 8.90. The number of benzene rings is 2. The first kappa shape index (κ1) is 20.8. The van der Waals surface area contributed by atoms with Gasteiger partial charge in [-0.2, -0.15) is 0 Å². The van der Waals surface area contributed by atoms with E-state index in [0.717, 1.165) is 16.9 Å². The smallest absolute Gasteiger partial charge is 0.251 e. The average Bonchev–Trinajstić information content (AvgIpc) is 2.67. The van der Waals surface area contributed by atoms with Crippen LogP contribution in [0.1, 0.15) is 28.4 Å². The quantitative estimate of drug-likeness (QED) is 0.703. The van der Waals surface area contributed by atoms with E-state index >= 15 is 0 Å². The lowest BCUT2D eigenvalue weighted by Crippen LogP contribution is -2.29. The Bertz CT molecular complexity index is 893. The second-order valence-electron chi connectivity index (χ2n) is 6.22. The summed E-state index contributed by atoms with van der Waals surface area (Å²) in [6.07, 6.45) is 0. The van der Waals surface area contributed by atoms with Gasteiger partial charge in [0.1, 0.15) is 12.4 Å². The largest absolute Gasteiger partial charge is 0.491 e. The number of sulfonamides is 1. The number of anilines is 1. The van der Waals surface area contributed by atoms with Crippen LogP contribution >= 0.6 is 0 Å². The van der Waals surface area contributed by atoms with Crippen molar-refractivity contribution < 1.29 is 17.9 Å². The van der Waals surface area contributed by atoms with Gasteiger partial charge in [-0.1, -0.05) is 12.1 Å². The molecule has 2 aromatic carbocycles. The molecular weight excluding hydrogens is 364 g/mol. The molecule has 0 aliphatic carbocycles. The first-order valence-electron chi connectivity index (χ1n) is 8.80. The third-order valence-corrected chi connectivity index (χ3v) is 6.25. The number of rotatable bonds is 8. The molecule has 27 heavy (non-hydrogen) atoms. The van der Waals surface area contributed by atoms with Crippen molar-refractivity contribution in [2.75, 3.05) is 30.3 Å². The molecule has 1 N–H and O–H groups in total. The van der Waals surface area contributed by atoms with Gasteiger partial charge in [0, 0.05) is 12.6 Å². The van der Waals surface area contributed by atoms with Crippen molar-refractivity contribution in [1.29, 1.82) is 0 Å². The Labute approximate surface area is 161 Å². The van der Waals surface area contributed by atoms with Gasteiger partial charge in [0.15, 0.2) is 0 Å². The Morgan fingerprint density at radius 1 is 1.11 bits per heavy atom. The predicted molar refractivity (Wildman–Crippen MR) is 108 cm³/mol. The molecule has 2 rings (SSSR count). The molecule has 0 radical (unpaired) electrons. The van der Waals surface area contributed by atoms with Gasteiger partial charge < -0.3 is 10.1 Å². The van der Waals surface area contributed by atoms with Gasteiger partial charge >= 0.3 is 0 Å². The third kappa shape index (κ3) is 5.23. The van der Waals surface area contributed by atoms with Crippen LogP contribution < -0.4 is 14.4 Å². The van der Waals surface area contributed by atoms with E-state index in [4.69, 9.17) is 4.74 Å². The highest BCUT2D eigenvalue weighted by atomic mass is 32.2. The maximum atomic E-state index is 12.2. The van der Waals surface area contributed by atoms with Gasteiger partial charge in [0.25, 0.3) is 5.91 Å². The summed E-state index contributed by atoms with van der Waals surface area (Å²) < 4.78 is 30.7. The minimum absolute atomic E-state index is 0.0200. The molecule has 0 bridgehead atoms. The molecule has 0 heterocycles. The van der Waals surface area contributed by atoms with Crippen LogP contribution in [0.3, 0.4) is 0 Å². The van der Waals surface area contributed by atoms with E-state index in [0.29, 0.717) is 24.4 Å². The maximum absolute atomic E-state index is 12.2. The number of ether oxygens (including phenoxy) is 1. The van der Waals surface area contributed by atoms with Gasteiger partial charge in [-0.25, -0.2) is 8.42 Å². The fraction of sp³-hybridized carbons (Fsp3) is 0.350. The van der Waals surface area contributed by atoms with Crippen LogP contribution in [0.4, 0.5) is 5.69 Å². The molecule has 0 aliphatic rings. The highest BCUT2D eigenvalue weighted by molar-refractivity contribution is 7.92. The normalized spacial score (nSPS) is 11.1. The molecular formula is C20H26N2O4S. The number of carbonyl (C=O) groups excluding carboxylic acids is 1. The zero-order chi connectivity index (χ0) is 20.0. The monoisotopic (exact) mass is 390 g/mol. The second-order valence-corrected chi connectivity index (χ2v) is 8.51. The van der Waals surface area contributed by atoms with Gasteiger partial charge in [-0.3, -0.25) is 9.10 Å². The van der Waals surface area contributed by atoms with Crippen LogP contribution in [0.5, 0.6) is 5.75 Å². The summed E-state index contributed by atoms with van der Waals surface area (Å²) >= 11 is 0. The molecule has 7 heteroatoms. The first-order valence-corrected chi connectivity index (χ1v) is 10.4. The Balaban J connectivity index is 1.88.